The SMILES string of the molecule is CCn1c([C@H]2CCCNC2)nn(CCSC(C)C)c1=O. The normalized spacial score (nSPS) is 19.7. The van der Waals surface area contributed by atoms with Gasteiger partial charge >= 0.3 is 5.69 Å². The molecule has 2 heterocycles. The van der Waals surface area contributed by atoms with Crippen LogP contribution in [0.4, 0.5) is 0 Å². The number of hydrogen-bond acceptors (Lipinski definition) is 4. The number of rotatable bonds is 6. The fourth-order valence-corrected chi connectivity index (χ4v) is 3.40. The minimum atomic E-state index is 0.0532. The van der Waals surface area contributed by atoms with Crippen molar-refractivity contribution in [2.75, 3.05) is 18.8 Å². The summed E-state index contributed by atoms with van der Waals surface area (Å²) in [6.07, 6.45) is 2.29. The van der Waals surface area contributed by atoms with Crippen LogP contribution in [0.5, 0.6) is 0 Å². The van der Waals surface area contributed by atoms with Crippen molar-refractivity contribution in [1.82, 2.24) is 19.7 Å². The maximum atomic E-state index is 12.4. The van der Waals surface area contributed by atoms with Crippen molar-refractivity contribution < 1.29 is 0 Å². The monoisotopic (exact) mass is 298 g/mol. The second-order valence-corrected chi connectivity index (χ2v) is 7.26. The average Bonchev–Trinajstić information content (AvgIpc) is 2.76. The van der Waals surface area contributed by atoms with Crippen LogP contribution >= 0.6 is 11.8 Å². The van der Waals surface area contributed by atoms with Crippen LogP contribution in [0.1, 0.15) is 45.4 Å². The summed E-state index contributed by atoms with van der Waals surface area (Å²) in [6, 6.07) is 0. The van der Waals surface area contributed by atoms with Crippen molar-refractivity contribution in [3.63, 3.8) is 0 Å². The van der Waals surface area contributed by atoms with Crippen molar-refractivity contribution in [2.45, 2.75) is 57.9 Å². The van der Waals surface area contributed by atoms with Crippen LogP contribution in [-0.2, 0) is 13.1 Å². The molecule has 0 bridgehead atoms. The molecule has 0 spiro atoms. The number of hydrogen-bond donors (Lipinski definition) is 1. The van der Waals surface area contributed by atoms with Gasteiger partial charge in [0.15, 0.2) is 0 Å². The zero-order valence-electron chi connectivity index (χ0n) is 12.8. The van der Waals surface area contributed by atoms with E-state index in [0.717, 1.165) is 31.1 Å². The van der Waals surface area contributed by atoms with Gasteiger partial charge in [-0.2, -0.15) is 16.9 Å². The van der Waals surface area contributed by atoms with Gasteiger partial charge in [-0.25, -0.2) is 9.48 Å². The molecule has 1 fully saturated rings. The second-order valence-electron chi connectivity index (χ2n) is 5.57. The number of aromatic nitrogens is 3. The van der Waals surface area contributed by atoms with E-state index in [4.69, 9.17) is 0 Å². The lowest BCUT2D eigenvalue weighted by Crippen LogP contribution is -2.31. The molecule has 114 valence electrons. The summed E-state index contributed by atoms with van der Waals surface area (Å²) in [5.74, 6) is 2.30. The standard InChI is InChI=1S/C14H26N4OS/c1-4-17-13(12-6-5-7-15-10-12)16-18(14(17)19)8-9-20-11(2)3/h11-12,15H,4-10H2,1-3H3/t12-/m0/s1. The molecule has 1 aliphatic heterocycles. The van der Waals surface area contributed by atoms with Gasteiger partial charge in [-0.3, -0.25) is 4.57 Å². The third-order valence-corrected chi connectivity index (χ3v) is 4.77. The van der Waals surface area contributed by atoms with Gasteiger partial charge in [0.05, 0.1) is 6.54 Å². The van der Waals surface area contributed by atoms with E-state index in [9.17, 15) is 4.79 Å². The fraction of sp³-hybridized carbons (Fsp3) is 0.857. The number of nitrogens with one attached hydrogen (secondary N) is 1. The Kier molecular flexibility index (Phi) is 5.72. The molecule has 0 aliphatic carbocycles. The molecule has 1 saturated heterocycles. The highest BCUT2D eigenvalue weighted by Gasteiger charge is 2.23. The first-order valence-corrected chi connectivity index (χ1v) is 8.68. The first-order valence-electron chi connectivity index (χ1n) is 7.63. The predicted octanol–water partition coefficient (Wildman–Crippen LogP) is 1.67. The molecule has 0 aromatic carbocycles. The summed E-state index contributed by atoms with van der Waals surface area (Å²) in [5, 5.41) is 8.62. The topological polar surface area (TPSA) is 51.9 Å². The summed E-state index contributed by atoms with van der Waals surface area (Å²) >= 11 is 1.87. The van der Waals surface area contributed by atoms with E-state index in [2.05, 4.69) is 24.3 Å². The van der Waals surface area contributed by atoms with Crippen LogP contribution in [0.15, 0.2) is 4.79 Å². The molecule has 1 N–H and O–H groups in total. The van der Waals surface area contributed by atoms with Crippen molar-refractivity contribution in [1.29, 1.82) is 0 Å². The highest BCUT2D eigenvalue weighted by Crippen LogP contribution is 2.20. The molecule has 1 atom stereocenters. The molecule has 5 nitrogen and oxygen atoms in total. The Labute approximate surface area is 125 Å². The van der Waals surface area contributed by atoms with E-state index in [1.165, 1.54) is 6.42 Å². The summed E-state index contributed by atoms with van der Waals surface area (Å²) < 4.78 is 3.50. The Morgan fingerprint density at radius 2 is 2.30 bits per heavy atom. The molecular formula is C14H26N4OS. The highest BCUT2D eigenvalue weighted by molar-refractivity contribution is 7.99. The van der Waals surface area contributed by atoms with E-state index >= 15 is 0 Å². The van der Waals surface area contributed by atoms with Gasteiger partial charge in [-0.15, -0.1) is 0 Å². The number of piperidine rings is 1. The van der Waals surface area contributed by atoms with Gasteiger partial charge in [-0.05, 0) is 31.6 Å². The minimum absolute atomic E-state index is 0.0532. The molecular weight excluding hydrogens is 272 g/mol. The number of aryl methyl sites for hydroxylation is 1. The van der Waals surface area contributed by atoms with Crippen molar-refractivity contribution >= 4 is 11.8 Å². The molecule has 0 radical (unpaired) electrons. The lowest BCUT2D eigenvalue weighted by Gasteiger charge is -2.21. The predicted molar refractivity (Wildman–Crippen MR) is 84.6 cm³/mol. The highest BCUT2D eigenvalue weighted by atomic mass is 32.2. The molecule has 1 aliphatic rings. The average molecular weight is 298 g/mol. The van der Waals surface area contributed by atoms with E-state index in [-0.39, 0.29) is 5.69 Å². The molecule has 1 aromatic heterocycles. The summed E-state index contributed by atoms with van der Waals surface area (Å²) in [7, 11) is 0. The van der Waals surface area contributed by atoms with Crippen LogP contribution in [0, 0.1) is 0 Å². The van der Waals surface area contributed by atoms with E-state index < -0.39 is 0 Å². The molecule has 2 rings (SSSR count). The van der Waals surface area contributed by atoms with Gasteiger partial charge in [0.2, 0.25) is 0 Å². The van der Waals surface area contributed by atoms with Crippen molar-refractivity contribution in [3.05, 3.63) is 16.3 Å². The largest absolute Gasteiger partial charge is 0.345 e. The van der Waals surface area contributed by atoms with Crippen molar-refractivity contribution in [2.24, 2.45) is 0 Å². The van der Waals surface area contributed by atoms with Crippen LogP contribution in [0.3, 0.4) is 0 Å². The van der Waals surface area contributed by atoms with Gasteiger partial charge in [0.1, 0.15) is 5.82 Å². The Balaban J connectivity index is 2.13. The van der Waals surface area contributed by atoms with Crippen LogP contribution in [0.25, 0.3) is 0 Å². The third kappa shape index (κ3) is 3.67. The summed E-state index contributed by atoms with van der Waals surface area (Å²) in [5.41, 5.74) is 0.0532. The number of thioether (sulfide) groups is 1. The Hall–Kier alpha value is -0.750. The van der Waals surface area contributed by atoms with Gasteiger partial charge in [0.25, 0.3) is 0 Å². The minimum Gasteiger partial charge on any atom is -0.316 e. The van der Waals surface area contributed by atoms with Crippen LogP contribution < -0.4 is 11.0 Å². The van der Waals surface area contributed by atoms with E-state index in [1.54, 1.807) is 4.68 Å². The van der Waals surface area contributed by atoms with Crippen LogP contribution in [0.2, 0.25) is 0 Å². The zero-order valence-corrected chi connectivity index (χ0v) is 13.6. The first-order chi connectivity index (χ1) is 9.63. The Morgan fingerprint density at radius 1 is 1.50 bits per heavy atom. The summed E-state index contributed by atoms with van der Waals surface area (Å²) in [6.45, 7) is 9.82. The molecule has 20 heavy (non-hydrogen) atoms. The molecule has 1 aromatic rings. The maximum Gasteiger partial charge on any atom is 0.345 e. The van der Waals surface area contributed by atoms with Gasteiger partial charge in [0, 0.05) is 24.8 Å². The van der Waals surface area contributed by atoms with Gasteiger partial charge in [-0.1, -0.05) is 13.8 Å². The second kappa shape index (κ2) is 7.31. The van der Waals surface area contributed by atoms with Gasteiger partial charge < -0.3 is 5.32 Å². The summed E-state index contributed by atoms with van der Waals surface area (Å²) in [4.78, 5) is 12.4. The smallest absolute Gasteiger partial charge is 0.316 e. The molecule has 6 heteroatoms. The first kappa shape index (κ1) is 15.6. The van der Waals surface area contributed by atoms with Crippen molar-refractivity contribution in [3.8, 4) is 0 Å². The third-order valence-electron chi connectivity index (χ3n) is 3.68. The lowest BCUT2D eigenvalue weighted by atomic mass is 9.99. The lowest BCUT2D eigenvalue weighted by molar-refractivity contribution is 0.431. The molecule has 0 saturated carbocycles. The fourth-order valence-electron chi connectivity index (χ4n) is 2.65. The van der Waals surface area contributed by atoms with E-state index in [0.29, 0.717) is 24.3 Å². The molecule has 0 unspecified atom stereocenters. The van der Waals surface area contributed by atoms with Crippen LogP contribution in [-0.4, -0.2) is 38.4 Å². The molecule has 0 amide bonds. The maximum absolute atomic E-state index is 12.4. The quantitative estimate of drug-likeness (QED) is 0.868. The zero-order chi connectivity index (χ0) is 14.5. The number of nitrogens with zero attached hydrogens (tertiary/aromatic N) is 3. The van der Waals surface area contributed by atoms with E-state index in [1.807, 2.05) is 23.3 Å². The Bertz CT molecular complexity index is 474. The Morgan fingerprint density at radius 3 is 2.90 bits per heavy atom.